The lowest BCUT2D eigenvalue weighted by atomic mass is 9.98. The molecule has 2 fully saturated rings. The van der Waals surface area contributed by atoms with Crippen LogP contribution in [0.25, 0.3) is 0 Å². The van der Waals surface area contributed by atoms with E-state index in [1.165, 1.54) is 12.8 Å². The summed E-state index contributed by atoms with van der Waals surface area (Å²) >= 11 is 0. The van der Waals surface area contributed by atoms with Gasteiger partial charge in [-0.15, -0.1) is 0 Å². The lowest BCUT2D eigenvalue weighted by Crippen LogP contribution is -2.44. The van der Waals surface area contributed by atoms with Gasteiger partial charge in [0.05, 0.1) is 11.7 Å². The van der Waals surface area contributed by atoms with Crippen LogP contribution in [0.2, 0.25) is 0 Å². The highest BCUT2D eigenvalue weighted by Gasteiger charge is 2.51. The lowest BCUT2D eigenvalue weighted by molar-refractivity contribution is -0.133. The summed E-state index contributed by atoms with van der Waals surface area (Å²) in [6, 6.07) is 0. The van der Waals surface area contributed by atoms with E-state index in [9.17, 15) is 4.79 Å². The monoisotopic (exact) mass is 267 g/mol. The summed E-state index contributed by atoms with van der Waals surface area (Å²) in [7, 11) is 0. The Hall–Kier alpha value is -0.610. The molecular formula is C15H29N3O. The van der Waals surface area contributed by atoms with Crippen molar-refractivity contribution in [2.45, 2.75) is 64.6 Å². The van der Waals surface area contributed by atoms with E-state index in [-0.39, 0.29) is 11.7 Å². The average molecular weight is 267 g/mol. The molecule has 1 atom stereocenters. The van der Waals surface area contributed by atoms with Crippen LogP contribution < -0.4 is 5.32 Å². The van der Waals surface area contributed by atoms with Crippen LogP contribution >= 0.6 is 0 Å². The van der Waals surface area contributed by atoms with Crippen molar-refractivity contribution in [3.8, 4) is 0 Å². The Balaban J connectivity index is 2.00. The van der Waals surface area contributed by atoms with Crippen molar-refractivity contribution < 1.29 is 4.79 Å². The number of hydrogen-bond acceptors (Lipinski definition) is 3. The van der Waals surface area contributed by atoms with Crippen molar-refractivity contribution in [3.63, 3.8) is 0 Å². The van der Waals surface area contributed by atoms with Gasteiger partial charge in [0.2, 0.25) is 5.91 Å². The Morgan fingerprint density at radius 2 is 1.89 bits per heavy atom. The molecule has 0 radical (unpaired) electrons. The summed E-state index contributed by atoms with van der Waals surface area (Å²) in [5, 5.41) is 3.63. The predicted octanol–water partition coefficient (Wildman–Crippen LogP) is 1.81. The van der Waals surface area contributed by atoms with Crippen LogP contribution in [0, 0.1) is 0 Å². The largest absolute Gasteiger partial charge is 0.324 e. The van der Waals surface area contributed by atoms with E-state index in [0.29, 0.717) is 5.91 Å². The highest BCUT2D eigenvalue weighted by molar-refractivity contribution is 5.89. The van der Waals surface area contributed by atoms with Gasteiger partial charge in [-0.25, -0.2) is 0 Å². The molecule has 110 valence electrons. The molecule has 2 rings (SSSR count). The standard InChI is InChI=1S/C15H29N3O/c1-4-13-16-15(9-7-8-10-15)14(19)18(13)12-11-17(5-2)6-3/h13,16H,4-12H2,1-3H3. The van der Waals surface area contributed by atoms with Crippen molar-refractivity contribution in [2.24, 2.45) is 0 Å². The molecule has 1 amide bonds. The molecule has 0 aromatic rings. The Morgan fingerprint density at radius 3 is 2.42 bits per heavy atom. The van der Waals surface area contributed by atoms with Crippen LogP contribution in [-0.4, -0.2) is 53.6 Å². The topological polar surface area (TPSA) is 35.6 Å². The zero-order valence-corrected chi connectivity index (χ0v) is 12.7. The molecule has 0 bridgehead atoms. The van der Waals surface area contributed by atoms with E-state index < -0.39 is 0 Å². The number of hydrogen-bond donors (Lipinski definition) is 1. The summed E-state index contributed by atoms with van der Waals surface area (Å²) in [4.78, 5) is 17.2. The van der Waals surface area contributed by atoms with Crippen molar-refractivity contribution in [3.05, 3.63) is 0 Å². The van der Waals surface area contributed by atoms with E-state index in [0.717, 1.165) is 45.4 Å². The molecule has 2 aliphatic rings. The highest BCUT2D eigenvalue weighted by atomic mass is 16.2. The Labute approximate surface area is 117 Å². The van der Waals surface area contributed by atoms with Gasteiger partial charge in [-0.05, 0) is 32.4 Å². The minimum absolute atomic E-state index is 0.204. The Bertz CT molecular complexity index is 309. The van der Waals surface area contributed by atoms with E-state index in [1.54, 1.807) is 0 Å². The van der Waals surface area contributed by atoms with Gasteiger partial charge in [-0.3, -0.25) is 10.1 Å². The van der Waals surface area contributed by atoms with Gasteiger partial charge in [-0.1, -0.05) is 33.6 Å². The molecule has 1 saturated carbocycles. The molecule has 1 aliphatic heterocycles. The second-order valence-electron chi connectivity index (χ2n) is 5.88. The number of likely N-dealkylation sites (N-methyl/N-ethyl adjacent to an activating group) is 1. The third-order valence-electron chi connectivity index (χ3n) is 4.88. The van der Waals surface area contributed by atoms with Crippen LogP contribution in [0.3, 0.4) is 0 Å². The zero-order chi connectivity index (χ0) is 13.9. The zero-order valence-electron chi connectivity index (χ0n) is 12.7. The second-order valence-corrected chi connectivity index (χ2v) is 5.88. The van der Waals surface area contributed by atoms with Gasteiger partial charge in [0, 0.05) is 13.1 Å². The normalized spacial score (nSPS) is 26.0. The SMILES string of the molecule is CCC1NC2(CCCC2)C(=O)N1CCN(CC)CC. The predicted molar refractivity (Wildman–Crippen MR) is 77.9 cm³/mol. The number of nitrogens with zero attached hydrogens (tertiary/aromatic N) is 2. The lowest BCUT2D eigenvalue weighted by Gasteiger charge is -2.27. The second kappa shape index (κ2) is 6.23. The number of carbonyl (C=O) groups is 1. The number of amides is 1. The summed E-state index contributed by atoms with van der Waals surface area (Å²) < 4.78 is 0. The quantitative estimate of drug-likeness (QED) is 0.797. The van der Waals surface area contributed by atoms with Crippen LogP contribution in [0.15, 0.2) is 0 Å². The van der Waals surface area contributed by atoms with Crippen molar-refractivity contribution in [2.75, 3.05) is 26.2 Å². The Kier molecular flexibility index (Phi) is 4.85. The molecule has 1 saturated heterocycles. The summed E-state index contributed by atoms with van der Waals surface area (Å²) in [6.07, 6.45) is 5.71. The smallest absolute Gasteiger partial charge is 0.244 e. The minimum Gasteiger partial charge on any atom is -0.324 e. The van der Waals surface area contributed by atoms with E-state index in [4.69, 9.17) is 0 Å². The average Bonchev–Trinajstić information content (AvgIpc) is 3.00. The molecule has 0 aromatic carbocycles. The van der Waals surface area contributed by atoms with Gasteiger partial charge in [0.25, 0.3) is 0 Å². The van der Waals surface area contributed by atoms with Gasteiger partial charge in [0.1, 0.15) is 0 Å². The first-order valence-corrected chi connectivity index (χ1v) is 7.98. The Morgan fingerprint density at radius 1 is 1.26 bits per heavy atom. The molecule has 1 heterocycles. The molecule has 0 aromatic heterocycles. The molecule has 1 aliphatic carbocycles. The molecule has 1 unspecified atom stereocenters. The van der Waals surface area contributed by atoms with Crippen LogP contribution in [0.4, 0.5) is 0 Å². The van der Waals surface area contributed by atoms with Crippen LogP contribution in [0.1, 0.15) is 52.9 Å². The fourth-order valence-electron chi connectivity index (χ4n) is 3.58. The summed E-state index contributed by atoms with van der Waals surface area (Å²) in [5.74, 6) is 0.365. The number of carbonyl (C=O) groups excluding carboxylic acids is 1. The maximum atomic E-state index is 12.7. The molecule has 4 nitrogen and oxygen atoms in total. The van der Waals surface area contributed by atoms with Gasteiger partial charge >= 0.3 is 0 Å². The van der Waals surface area contributed by atoms with Crippen molar-refractivity contribution in [1.29, 1.82) is 0 Å². The molecule has 1 spiro atoms. The minimum atomic E-state index is -0.204. The molecule has 1 N–H and O–H groups in total. The first-order valence-electron chi connectivity index (χ1n) is 7.98. The van der Waals surface area contributed by atoms with E-state index in [1.807, 2.05) is 0 Å². The highest BCUT2D eigenvalue weighted by Crippen LogP contribution is 2.36. The molecular weight excluding hydrogens is 238 g/mol. The number of rotatable bonds is 6. The maximum Gasteiger partial charge on any atom is 0.244 e. The van der Waals surface area contributed by atoms with E-state index in [2.05, 4.69) is 35.9 Å². The van der Waals surface area contributed by atoms with Crippen LogP contribution in [0.5, 0.6) is 0 Å². The van der Waals surface area contributed by atoms with Crippen LogP contribution in [-0.2, 0) is 4.79 Å². The third kappa shape index (κ3) is 2.79. The van der Waals surface area contributed by atoms with Crippen molar-refractivity contribution in [1.82, 2.24) is 15.1 Å². The van der Waals surface area contributed by atoms with Gasteiger partial charge in [-0.2, -0.15) is 0 Å². The molecule has 19 heavy (non-hydrogen) atoms. The molecule has 4 heteroatoms. The maximum absolute atomic E-state index is 12.7. The first-order chi connectivity index (χ1) is 9.16. The first kappa shape index (κ1) is 14.8. The van der Waals surface area contributed by atoms with E-state index >= 15 is 0 Å². The van der Waals surface area contributed by atoms with Crippen molar-refractivity contribution >= 4 is 5.91 Å². The fourth-order valence-corrected chi connectivity index (χ4v) is 3.58. The summed E-state index contributed by atoms with van der Waals surface area (Å²) in [6.45, 7) is 10.5. The van der Waals surface area contributed by atoms with Gasteiger partial charge in [0.15, 0.2) is 0 Å². The third-order valence-corrected chi connectivity index (χ3v) is 4.88. The fraction of sp³-hybridized carbons (Fsp3) is 0.933. The summed E-state index contributed by atoms with van der Waals surface area (Å²) in [5.41, 5.74) is -0.204. The van der Waals surface area contributed by atoms with Gasteiger partial charge < -0.3 is 9.80 Å². The number of nitrogens with one attached hydrogen (secondary N) is 1.